The van der Waals surface area contributed by atoms with Crippen molar-refractivity contribution in [2.45, 2.75) is 18.9 Å². The first-order chi connectivity index (χ1) is 11.2. The summed E-state index contributed by atoms with van der Waals surface area (Å²) >= 11 is 0. The molecule has 0 radical (unpaired) electrons. The van der Waals surface area contributed by atoms with Crippen molar-refractivity contribution in [1.29, 1.82) is 0 Å². The Bertz CT molecular complexity index is 887. The number of carbonyl (C=O) groups excluding carboxylic acids is 1. The van der Waals surface area contributed by atoms with Gasteiger partial charge in [-0.05, 0) is 40.5 Å². The highest BCUT2D eigenvalue weighted by Crippen LogP contribution is 2.36. The lowest BCUT2D eigenvalue weighted by Crippen LogP contribution is -2.27. The summed E-state index contributed by atoms with van der Waals surface area (Å²) in [6.45, 7) is 2.05. The molecule has 3 aromatic carbocycles. The van der Waals surface area contributed by atoms with Crippen LogP contribution in [0.3, 0.4) is 0 Å². The third kappa shape index (κ3) is 2.39. The molecule has 3 aromatic rings. The van der Waals surface area contributed by atoms with E-state index in [9.17, 15) is 4.79 Å². The van der Waals surface area contributed by atoms with Crippen LogP contribution in [0.15, 0.2) is 66.7 Å². The molecule has 0 bridgehead atoms. The molecule has 0 saturated carbocycles. The number of amides is 1. The lowest BCUT2D eigenvalue weighted by atomic mass is 9.85. The van der Waals surface area contributed by atoms with E-state index in [0.29, 0.717) is 0 Å². The molecule has 114 valence electrons. The second-order valence-electron chi connectivity index (χ2n) is 6.05. The van der Waals surface area contributed by atoms with Crippen LogP contribution < -0.4 is 10.9 Å². The smallest absolute Gasteiger partial charge is 0.243 e. The molecule has 1 fully saturated rings. The Morgan fingerprint density at radius 2 is 1.61 bits per heavy atom. The van der Waals surface area contributed by atoms with Crippen LogP contribution in [0.5, 0.6) is 0 Å². The van der Waals surface area contributed by atoms with E-state index in [1.54, 1.807) is 0 Å². The first-order valence-electron chi connectivity index (χ1n) is 7.83. The highest BCUT2D eigenvalue weighted by molar-refractivity contribution is 5.88. The van der Waals surface area contributed by atoms with Gasteiger partial charge in [0.25, 0.3) is 0 Å². The van der Waals surface area contributed by atoms with Crippen molar-refractivity contribution >= 4 is 16.7 Å². The van der Waals surface area contributed by atoms with Gasteiger partial charge < -0.3 is 0 Å². The number of fused-ring (bicyclic) bond motifs is 1. The number of hydrazine groups is 1. The molecule has 0 spiro atoms. The molecular weight excluding hydrogens is 284 g/mol. The minimum Gasteiger partial charge on any atom is -0.290 e. The maximum atomic E-state index is 12.4. The Kier molecular flexibility index (Phi) is 3.36. The van der Waals surface area contributed by atoms with Crippen molar-refractivity contribution < 1.29 is 4.79 Å². The summed E-state index contributed by atoms with van der Waals surface area (Å²) in [5.74, 6) is -0.185. The van der Waals surface area contributed by atoms with E-state index in [1.165, 1.54) is 10.8 Å². The van der Waals surface area contributed by atoms with Crippen molar-refractivity contribution in [3.63, 3.8) is 0 Å². The molecule has 2 atom stereocenters. The van der Waals surface area contributed by atoms with E-state index in [2.05, 4.69) is 54.2 Å². The third-order valence-electron chi connectivity index (χ3n) is 4.62. The van der Waals surface area contributed by atoms with Gasteiger partial charge in [-0.1, -0.05) is 60.7 Å². The minimum atomic E-state index is -0.211. The van der Waals surface area contributed by atoms with Crippen LogP contribution in [0.25, 0.3) is 10.8 Å². The SMILES string of the molecule is Cc1ccccc1[C@H]1C(=O)NN[C@@H]1c1ccc2ccccc2c1. The van der Waals surface area contributed by atoms with Crippen LogP contribution >= 0.6 is 0 Å². The summed E-state index contributed by atoms with van der Waals surface area (Å²) in [6, 6.07) is 22.7. The number of nitrogens with one attached hydrogen (secondary N) is 2. The predicted molar refractivity (Wildman–Crippen MR) is 91.9 cm³/mol. The van der Waals surface area contributed by atoms with Crippen molar-refractivity contribution in [2.24, 2.45) is 0 Å². The average molecular weight is 302 g/mol. The molecule has 0 aromatic heterocycles. The van der Waals surface area contributed by atoms with Gasteiger partial charge in [0, 0.05) is 0 Å². The van der Waals surface area contributed by atoms with Gasteiger partial charge in [-0.3, -0.25) is 10.2 Å². The number of hydrogen-bond donors (Lipinski definition) is 2. The summed E-state index contributed by atoms with van der Waals surface area (Å²) in [5.41, 5.74) is 9.31. The Hall–Kier alpha value is -2.65. The zero-order chi connectivity index (χ0) is 15.8. The van der Waals surface area contributed by atoms with Crippen LogP contribution in [0, 0.1) is 6.92 Å². The second-order valence-corrected chi connectivity index (χ2v) is 6.05. The van der Waals surface area contributed by atoms with Gasteiger partial charge in [-0.2, -0.15) is 0 Å². The summed E-state index contributed by atoms with van der Waals surface area (Å²) in [4.78, 5) is 12.4. The molecule has 3 heteroatoms. The fourth-order valence-electron chi connectivity index (χ4n) is 3.39. The van der Waals surface area contributed by atoms with E-state index in [4.69, 9.17) is 0 Å². The lowest BCUT2D eigenvalue weighted by molar-refractivity contribution is -0.120. The first kappa shape index (κ1) is 14.0. The summed E-state index contributed by atoms with van der Waals surface area (Å²) < 4.78 is 0. The van der Waals surface area contributed by atoms with Gasteiger partial charge in [0.05, 0.1) is 12.0 Å². The molecule has 1 heterocycles. The zero-order valence-corrected chi connectivity index (χ0v) is 12.9. The Labute approximate surface area is 135 Å². The highest BCUT2D eigenvalue weighted by atomic mass is 16.2. The van der Waals surface area contributed by atoms with Crippen LogP contribution in [0.1, 0.15) is 28.7 Å². The van der Waals surface area contributed by atoms with E-state index in [0.717, 1.165) is 16.7 Å². The zero-order valence-electron chi connectivity index (χ0n) is 12.9. The number of carbonyl (C=O) groups is 1. The van der Waals surface area contributed by atoms with Crippen LogP contribution in [-0.2, 0) is 4.79 Å². The molecule has 0 aliphatic carbocycles. The maximum Gasteiger partial charge on any atom is 0.243 e. The molecule has 3 nitrogen and oxygen atoms in total. The quantitative estimate of drug-likeness (QED) is 0.759. The van der Waals surface area contributed by atoms with Crippen molar-refractivity contribution in [3.05, 3.63) is 83.4 Å². The monoisotopic (exact) mass is 302 g/mol. The standard InChI is InChI=1S/C20H18N2O/c1-13-6-2-5-9-17(13)18-19(21-22-20(18)23)16-11-10-14-7-3-4-8-15(14)12-16/h2-12,18-19,21H,1H3,(H,22,23)/t18-,19-/m1/s1. The van der Waals surface area contributed by atoms with Crippen molar-refractivity contribution in [2.75, 3.05) is 0 Å². The summed E-state index contributed by atoms with van der Waals surface area (Å²) in [5, 5.41) is 2.40. The van der Waals surface area contributed by atoms with Gasteiger partial charge >= 0.3 is 0 Å². The van der Waals surface area contributed by atoms with Gasteiger partial charge in [-0.25, -0.2) is 5.43 Å². The van der Waals surface area contributed by atoms with Gasteiger partial charge in [0.15, 0.2) is 0 Å². The van der Waals surface area contributed by atoms with Crippen molar-refractivity contribution in [3.8, 4) is 0 Å². The second kappa shape index (κ2) is 5.52. The number of hydrogen-bond acceptors (Lipinski definition) is 2. The Morgan fingerprint density at radius 3 is 2.43 bits per heavy atom. The van der Waals surface area contributed by atoms with Gasteiger partial charge in [-0.15, -0.1) is 0 Å². The molecule has 23 heavy (non-hydrogen) atoms. The van der Waals surface area contributed by atoms with Crippen LogP contribution in [0.2, 0.25) is 0 Å². The van der Waals surface area contributed by atoms with Crippen LogP contribution in [0.4, 0.5) is 0 Å². The average Bonchev–Trinajstić information content (AvgIpc) is 2.96. The Balaban J connectivity index is 1.79. The maximum absolute atomic E-state index is 12.4. The fraction of sp³-hybridized carbons (Fsp3) is 0.150. The molecule has 0 unspecified atom stereocenters. The number of aryl methyl sites for hydroxylation is 1. The van der Waals surface area contributed by atoms with Crippen LogP contribution in [-0.4, -0.2) is 5.91 Å². The van der Waals surface area contributed by atoms with E-state index in [1.807, 2.05) is 30.3 Å². The van der Waals surface area contributed by atoms with Gasteiger partial charge in [0.2, 0.25) is 5.91 Å². The van der Waals surface area contributed by atoms with Gasteiger partial charge in [0.1, 0.15) is 0 Å². The summed E-state index contributed by atoms with van der Waals surface area (Å²) in [7, 11) is 0. The highest BCUT2D eigenvalue weighted by Gasteiger charge is 2.37. The molecule has 1 amide bonds. The normalized spacial score (nSPS) is 20.7. The van der Waals surface area contributed by atoms with E-state index in [-0.39, 0.29) is 17.9 Å². The lowest BCUT2D eigenvalue weighted by Gasteiger charge is -2.19. The number of rotatable bonds is 2. The topological polar surface area (TPSA) is 41.1 Å². The molecule has 1 aliphatic heterocycles. The predicted octanol–water partition coefficient (Wildman–Crippen LogP) is 3.61. The molecule has 1 aliphatic rings. The number of benzene rings is 3. The largest absolute Gasteiger partial charge is 0.290 e. The summed E-state index contributed by atoms with van der Waals surface area (Å²) in [6.07, 6.45) is 0. The molecular formula is C20H18N2O. The Morgan fingerprint density at radius 1 is 0.870 bits per heavy atom. The molecule has 4 rings (SSSR count). The molecule has 1 saturated heterocycles. The van der Waals surface area contributed by atoms with E-state index >= 15 is 0 Å². The van der Waals surface area contributed by atoms with Crippen molar-refractivity contribution in [1.82, 2.24) is 10.9 Å². The van der Waals surface area contributed by atoms with E-state index < -0.39 is 0 Å². The minimum absolute atomic E-state index is 0.0254. The fourth-order valence-corrected chi connectivity index (χ4v) is 3.39. The first-order valence-corrected chi connectivity index (χ1v) is 7.83. The molecule has 2 N–H and O–H groups in total. The third-order valence-corrected chi connectivity index (χ3v) is 4.62.